The number of aromatic nitrogens is 1. The summed E-state index contributed by atoms with van der Waals surface area (Å²) in [4.78, 5) is 17.6. The zero-order valence-corrected chi connectivity index (χ0v) is 13.7. The Morgan fingerprint density at radius 1 is 1.16 bits per heavy atom. The fourth-order valence-corrected chi connectivity index (χ4v) is 1.64. The Labute approximate surface area is 119 Å². The molecule has 19 heavy (non-hydrogen) atoms. The lowest BCUT2D eigenvalue weighted by atomic mass is 10.0. The van der Waals surface area contributed by atoms with E-state index in [0.29, 0.717) is 5.69 Å². The van der Waals surface area contributed by atoms with E-state index in [0.717, 1.165) is 25.1 Å². The van der Waals surface area contributed by atoms with E-state index < -0.39 is 0 Å². The summed E-state index contributed by atoms with van der Waals surface area (Å²) in [6.45, 7) is 15.6. The van der Waals surface area contributed by atoms with Gasteiger partial charge in [0.05, 0.1) is 0 Å². The molecular formula is C16H30N2O. The van der Waals surface area contributed by atoms with Gasteiger partial charge in [-0.2, -0.15) is 0 Å². The number of nitrogens with zero attached hydrogens (tertiary/aromatic N) is 2. The Morgan fingerprint density at radius 3 is 2.26 bits per heavy atom. The number of pyridine rings is 1. The van der Waals surface area contributed by atoms with E-state index in [9.17, 15) is 4.79 Å². The van der Waals surface area contributed by atoms with Gasteiger partial charge in [0.15, 0.2) is 0 Å². The minimum absolute atomic E-state index is 0.0735. The molecule has 3 nitrogen and oxygen atoms in total. The Kier molecular flexibility index (Phi) is 13.7. The van der Waals surface area contributed by atoms with Gasteiger partial charge in [-0.1, -0.05) is 47.6 Å². The quantitative estimate of drug-likeness (QED) is 0.764. The van der Waals surface area contributed by atoms with Crippen molar-refractivity contribution in [3.8, 4) is 0 Å². The summed E-state index contributed by atoms with van der Waals surface area (Å²) >= 11 is 0. The summed E-state index contributed by atoms with van der Waals surface area (Å²) < 4.78 is 0. The molecule has 1 aromatic rings. The third-order valence-electron chi connectivity index (χ3n) is 2.41. The number of carbonyl (C=O) groups excluding carboxylic acids is 1. The monoisotopic (exact) mass is 266 g/mol. The van der Waals surface area contributed by atoms with Crippen LogP contribution in [0.25, 0.3) is 0 Å². The Balaban J connectivity index is 0. The van der Waals surface area contributed by atoms with Gasteiger partial charge in [-0.05, 0) is 25.0 Å². The summed E-state index contributed by atoms with van der Waals surface area (Å²) in [5.41, 5.74) is 1.72. The van der Waals surface area contributed by atoms with Crippen LogP contribution in [0.4, 0.5) is 0 Å². The van der Waals surface area contributed by atoms with Crippen molar-refractivity contribution in [2.45, 2.75) is 54.9 Å². The first-order valence-corrected chi connectivity index (χ1v) is 7.56. The standard InChI is InChI=1S/C10H12N2O.3C2H6/c1-2-12-7-5-8-4-3-6-11-9(8)10(12)13;3*1-2/h3-4,6H,2,5,7H2,1H3;3*1-2H3. The van der Waals surface area contributed by atoms with Crippen molar-refractivity contribution in [3.63, 3.8) is 0 Å². The van der Waals surface area contributed by atoms with Crippen LogP contribution in [0.1, 0.15) is 64.5 Å². The van der Waals surface area contributed by atoms with Crippen molar-refractivity contribution < 1.29 is 4.79 Å². The zero-order chi connectivity index (χ0) is 15.3. The molecule has 110 valence electrons. The summed E-state index contributed by atoms with van der Waals surface area (Å²) in [5, 5.41) is 0. The molecule has 1 aliphatic rings. The van der Waals surface area contributed by atoms with Gasteiger partial charge in [-0.15, -0.1) is 0 Å². The predicted octanol–water partition coefficient (Wildman–Crippen LogP) is 4.18. The number of likely N-dealkylation sites (N-methyl/N-ethyl adjacent to an activating group) is 1. The highest BCUT2D eigenvalue weighted by Crippen LogP contribution is 2.15. The molecule has 0 aromatic carbocycles. The van der Waals surface area contributed by atoms with Crippen LogP contribution in [0, 0.1) is 0 Å². The van der Waals surface area contributed by atoms with Gasteiger partial charge in [0.2, 0.25) is 0 Å². The second kappa shape index (κ2) is 13.1. The molecule has 0 unspecified atom stereocenters. The van der Waals surface area contributed by atoms with E-state index in [4.69, 9.17) is 0 Å². The Hall–Kier alpha value is -1.38. The van der Waals surface area contributed by atoms with Crippen molar-refractivity contribution in [1.82, 2.24) is 9.88 Å². The number of carbonyl (C=O) groups is 1. The lowest BCUT2D eigenvalue weighted by Gasteiger charge is -2.26. The average molecular weight is 266 g/mol. The minimum Gasteiger partial charge on any atom is -0.337 e. The van der Waals surface area contributed by atoms with E-state index in [1.807, 2.05) is 65.5 Å². The second-order valence-corrected chi connectivity index (χ2v) is 3.15. The lowest BCUT2D eigenvalue weighted by Crippen LogP contribution is -2.37. The highest BCUT2D eigenvalue weighted by molar-refractivity contribution is 5.94. The van der Waals surface area contributed by atoms with Crippen LogP contribution in [0.5, 0.6) is 0 Å². The lowest BCUT2D eigenvalue weighted by molar-refractivity contribution is 0.0742. The first-order valence-electron chi connectivity index (χ1n) is 7.56. The number of fused-ring (bicyclic) bond motifs is 1. The molecule has 0 radical (unpaired) electrons. The molecule has 1 aliphatic heterocycles. The number of hydrogen-bond acceptors (Lipinski definition) is 2. The molecule has 1 amide bonds. The molecule has 0 spiro atoms. The molecular weight excluding hydrogens is 236 g/mol. The minimum atomic E-state index is 0.0735. The Morgan fingerprint density at radius 2 is 1.74 bits per heavy atom. The third-order valence-corrected chi connectivity index (χ3v) is 2.41. The van der Waals surface area contributed by atoms with Crippen molar-refractivity contribution in [2.75, 3.05) is 13.1 Å². The average Bonchev–Trinajstić information content (AvgIpc) is 2.54. The van der Waals surface area contributed by atoms with Gasteiger partial charge in [-0.25, -0.2) is 0 Å². The van der Waals surface area contributed by atoms with Gasteiger partial charge in [0.1, 0.15) is 5.69 Å². The number of amides is 1. The second-order valence-electron chi connectivity index (χ2n) is 3.15. The highest BCUT2D eigenvalue weighted by Gasteiger charge is 2.23. The summed E-state index contributed by atoms with van der Waals surface area (Å²) in [7, 11) is 0. The van der Waals surface area contributed by atoms with E-state index in [1.54, 1.807) is 6.20 Å². The van der Waals surface area contributed by atoms with Crippen LogP contribution in [0.15, 0.2) is 18.3 Å². The number of hydrogen-bond donors (Lipinski definition) is 0. The molecule has 0 saturated heterocycles. The predicted molar refractivity (Wildman–Crippen MR) is 83.6 cm³/mol. The maximum absolute atomic E-state index is 11.7. The van der Waals surface area contributed by atoms with Crippen LogP contribution in [0.3, 0.4) is 0 Å². The smallest absolute Gasteiger partial charge is 0.272 e. The van der Waals surface area contributed by atoms with Crippen LogP contribution in [-0.2, 0) is 6.42 Å². The molecule has 0 N–H and O–H groups in total. The fourth-order valence-electron chi connectivity index (χ4n) is 1.64. The van der Waals surface area contributed by atoms with E-state index in [-0.39, 0.29) is 5.91 Å². The van der Waals surface area contributed by atoms with Crippen molar-refractivity contribution in [3.05, 3.63) is 29.6 Å². The van der Waals surface area contributed by atoms with Gasteiger partial charge >= 0.3 is 0 Å². The fraction of sp³-hybridized carbons (Fsp3) is 0.625. The molecule has 0 fully saturated rings. The van der Waals surface area contributed by atoms with Gasteiger partial charge < -0.3 is 4.90 Å². The third kappa shape index (κ3) is 5.86. The molecule has 3 heteroatoms. The molecule has 0 atom stereocenters. The van der Waals surface area contributed by atoms with E-state index >= 15 is 0 Å². The topological polar surface area (TPSA) is 33.2 Å². The van der Waals surface area contributed by atoms with Crippen molar-refractivity contribution in [2.24, 2.45) is 0 Å². The summed E-state index contributed by atoms with van der Waals surface area (Å²) in [6, 6.07) is 3.86. The maximum Gasteiger partial charge on any atom is 0.272 e. The van der Waals surface area contributed by atoms with Crippen LogP contribution in [-0.4, -0.2) is 28.9 Å². The summed E-state index contributed by atoms with van der Waals surface area (Å²) in [5.74, 6) is 0.0735. The van der Waals surface area contributed by atoms with E-state index in [1.165, 1.54) is 0 Å². The van der Waals surface area contributed by atoms with Crippen LogP contribution >= 0.6 is 0 Å². The largest absolute Gasteiger partial charge is 0.337 e. The maximum atomic E-state index is 11.7. The SMILES string of the molecule is CC.CC.CC.CCN1CCc2cccnc2C1=O. The normalized spacial score (nSPS) is 11.7. The number of rotatable bonds is 1. The molecule has 2 rings (SSSR count). The first-order chi connectivity index (χ1) is 9.33. The molecule has 1 aromatic heterocycles. The van der Waals surface area contributed by atoms with Crippen LogP contribution < -0.4 is 0 Å². The Bertz CT molecular complexity index is 337. The summed E-state index contributed by atoms with van der Waals surface area (Å²) in [6.07, 6.45) is 2.61. The van der Waals surface area contributed by atoms with Crippen molar-refractivity contribution in [1.29, 1.82) is 0 Å². The molecule has 2 heterocycles. The molecule has 0 bridgehead atoms. The first kappa shape index (κ1) is 19.9. The van der Waals surface area contributed by atoms with Gasteiger partial charge in [-0.3, -0.25) is 9.78 Å². The zero-order valence-electron chi connectivity index (χ0n) is 13.7. The highest BCUT2D eigenvalue weighted by atomic mass is 16.2. The molecule has 0 aliphatic carbocycles. The van der Waals surface area contributed by atoms with Crippen LogP contribution in [0.2, 0.25) is 0 Å². The van der Waals surface area contributed by atoms with Gasteiger partial charge in [0, 0.05) is 19.3 Å². The van der Waals surface area contributed by atoms with Crippen molar-refractivity contribution >= 4 is 5.91 Å². The molecule has 0 saturated carbocycles. The van der Waals surface area contributed by atoms with E-state index in [2.05, 4.69) is 4.98 Å². The van der Waals surface area contributed by atoms with Gasteiger partial charge in [0.25, 0.3) is 5.91 Å².